The average molecular weight is 457 g/mol. The van der Waals surface area contributed by atoms with Crippen molar-refractivity contribution in [2.24, 2.45) is 0 Å². The number of ether oxygens (including phenoxy) is 1. The van der Waals surface area contributed by atoms with Gasteiger partial charge in [0.2, 0.25) is 0 Å². The summed E-state index contributed by atoms with van der Waals surface area (Å²) in [7, 11) is 0. The van der Waals surface area contributed by atoms with Crippen LogP contribution in [0.3, 0.4) is 0 Å². The molecular weight excluding hydrogens is 432 g/mol. The van der Waals surface area contributed by atoms with E-state index in [2.05, 4.69) is 22.3 Å². The molecule has 7 heteroatoms. The Morgan fingerprint density at radius 2 is 1.87 bits per heavy atom. The molecule has 1 fully saturated rings. The van der Waals surface area contributed by atoms with E-state index < -0.39 is 0 Å². The molecule has 2 aromatic heterocycles. The minimum Gasteiger partial charge on any atom is -0.459 e. The second-order valence-corrected chi connectivity index (χ2v) is 9.53. The molecule has 1 amide bonds. The maximum atomic E-state index is 12.9. The average Bonchev–Trinajstić information content (AvgIpc) is 3.45. The molecule has 0 radical (unpaired) electrons. The number of rotatable bonds is 5. The predicted octanol–water partition coefficient (Wildman–Crippen LogP) is 5.55. The van der Waals surface area contributed by atoms with E-state index in [1.54, 1.807) is 23.5 Å². The lowest BCUT2D eigenvalue weighted by Gasteiger charge is -2.36. The van der Waals surface area contributed by atoms with Crippen LogP contribution in [-0.4, -0.2) is 37.1 Å². The first-order chi connectivity index (χ1) is 15.2. The van der Waals surface area contributed by atoms with Crippen LogP contribution in [0.4, 0.5) is 5.00 Å². The summed E-state index contributed by atoms with van der Waals surface area (Å²) < 4.78 is 11.0. The summed E-state index contributed by atoms with van der Waals surface area (Å²) in [5.74, 6) is 0.119. The Morgan fingerprint density at radius 1 is 1.10 bits per heavy atom. The number of aryl methyl sites for hydroxylation is 1. The van der Waals surface area contributed by atoms with Gasteiger partial charge in [-0.2, -0.15) is 0 Å². The molecule has 1 atom stereocenters. The highest BCUT2D eigenvalue weighted by Gasteiger charge is 2.33. The fourth-order valence-electron chi connectivity index (χ4n) is 4.59. The molecule has 1 saturated heterocycles. The molecule has 162 valence electrons. The van der Waals surface area contributed by atoms with Gasteiger partial charge >= 0.3 is 0 Å². The van der Waals surface area contributed by atoms with Gasteiger partial charge in [0.15, 0.2) is 5.76 Å². The molecule has 1 N–H and O–H groups in total. The van der Waals surface area contributed by atoms with Crippen LogP contribution >= 0.6 is 22.9 Å². The molecule has 1 aliphatic heterocycles. The van der Waals surface area contributed by atoms with E-state index in [1.165, 1.54) is 40.7 Å². The standard InChI is InChI=1S/C24H25ClN2O3S/c25-17-9-7-16(8-10-17)22(27-11-14-29-15-12-27)21-18-4-1-2-6-20(18)31-24(21)26-23(28)19-5-3-13-30-19/h3,5,7-10,13,22H,1-2,4,6,11-12,14-15H2,(H,26,28). The molecular formula is C24H25ClN2O3S. The maximum absolute atomic E-state index is 12.9. The quantitative estimate of drug-likeness (QED) is 0.547. The van der Waals surface area contributed by atoms with E-state index in [9.17, 15) is 4.79 Å². The number of benzene rings is 1. The van der Waals surface area contributed by atoms with Gasteiger partial charge < -0.3 is 14.5 Å². The number of thiophene rings is 1. The molecule has 0 saturated carbocycles. The number of furan rings is 1. The zero-order chi connectivity index (χ0) is 21.2. The third-order valence-electron chi connectivity index (χ3n) is 6.05. The van der Waals surface area contributed by atoms with Crippen LogP contribution in [0.15, 0.2) is 47.1 Å². The van der Waals surface area contributed by atoms with E-state index in [0.29, 0.717) is 19.0 Å². The molecule has 1 aromatic carbocycles. The monoisotopic (exact) mass is 456 g/mol. The van der Waals surface area contributed by atoms with Crippen molar-refractivity contribution < 1.29 is 13.9 Å². The second kappa shape index (κ2) is 9.17. The SMILES string of the molecule is O=C(Nc1sc2c(c1C(c1ccc(Cl)cc1)N1CCOCC1)CCCC2)c1ccco1. The van der Waals surface area contributed by atoms with E-state index >= 15 is 0 Å². The lowest BCUT2D eigenvalue weighted by atomic mass is 9.88. The van der Waals surface area contributed by atoms with Crippen molar-refractivity contribution in [2.45, 2.75) is 31.7 Å². The number of hydrogen-bond donors (Lipinski definition) is 1. The smallest absolute Gasteiger partial charge is 0.291 e. The minimum atomic E-state index is -0.207. The summed E-state index contributed by atoms with van der Waals surface area (Å²) in [5.41, 5.74) is 3.81. The summed E-state index contributed by atoms with van der Waals surface area (Å²) in [4.78, 5) is 16.7. The van der Waals surface area contributed by atoms with Gasteiger partial charge in [-0.05, 0) is 61.1 Å². The fraction of sp³-hybridized carbons (Fsp3) is 0.375. The Morgan fingerprint density at radius 3 is 2.61 bits per heavy atom. The number of anilines is 1. The van der Waals surface area contributed by atoms with E-state index in [-0.39, 0.29) is 11.9 Å². The maximum Gasteiger partial charge on any atom is 0.291 e. The van der Waals surface area contributed by atoms with Crippen LogP contribution in [0.5, 0.6) is 0 Å². The van der Waals surface area contributed by atoms with Crippen molar-refractivity contribution in [2.75, 3.05) is 31.6 Å². The van der Waals surface area contributed by atoms with E-state index in [1.807, 2.05) is 12.1 Å². The lowest BCUT2D eigenvalue weighted by molar-refractivity contribution is 0.0239. The number of carbonyl (C=O) groups is 1. The Hall–Kier alpha value is -2.12. The first kappa shape index (κ1) is 20.8. The summed E-state index contributed by atoms with van der Waals surface area (Å²) in [6.45, 7) is 3.13. The van der Waals surface area contributed by atoms with Gasteiger partial charge in [-0.15, -0.1) is 11.3 Å². The topological polar surface area (TPSA) is 54.7 Å². The molecule has 1 aliphatic carbocycles. The van der Waals surface area contributed by atoms with Crippen LogP contribution in [0, 0.1) is 0 Å². The van der Waals surface area contributed by atoms with Gasteiger partial charge in [-0.1, -0.05) is 23.7 Å². The number of carbonyl (C=O) groups excluding carboxylic acids is 1. The Bertz CT molecular complexity index is 1040. The zero-order valence-corrected chi connectivity index (χ0v) is 18.8. The van der Waals surface area contributed by atoms with Gasteiger partial charge in [0, 0.05) is 28.6 Å². The zero-order valence-electron chi connectivity index (χ0n) is 17.2. The molecule has 3 heterocycles. The highest BCUT2D eigenvalue weighted by atomic mass is 35.5. The first-order valence-electron chi connectivity index (χ1n) is 10.8. The number of morpholine rings is 1. The number of amides is 1. The number of fused-ring (bicyclic) bond motifs is 1. The lowest BCUT2D eigenvalue weighted by Crippen LogP contribution is -2.40. The van der Waals surface area contributed by atoms with Crippen molar-refractivity contribution in [3.05, 3.63) is 75.0 Å². The predicted molar refractivity (Wildman–Crippen MR) is 123 cm³/mol. The van der Waals surface area contributed by atoms with Gasteiger partial charge in [-0.25, -0.2) is 0 Å². The van der Waals surface area contributed by atoms with E-state index in [4.69, 9.17) is 20.8 Å². The number of hydrogen-bond acceptors (Lipinski definition) is 5. The largest absolute Gasteiger partial charge is 0.459 e. The fourth-order valence-corrected chi connectivity index (χ4v) is 6.03. The molecule has 5 nitrogen and oxygen atoms in total. The Labute approximate surface area is 191 Å². The number of halogens is 1. The number of nitrogens with one attached hydrogen (secondary N) is 1. The molecule has 0 spiro atoms. The molecule has 2 aliphatic rings. The van der Waals surface area contributed by atoms with Crippen molar-refractivity contribution >= 4 is 33.8 Å². The van der Waals surface area contributed by atoms with Crippen molar-refractivity contribution in [1.82, 2.24) is 4.90 Å². The highest BCUT2D eigenvalue weighted by Crippen LogP contribution is 2.45. The Balaban J connectivity index is 1.60. The van der Waals surface area contributed by atoms with E-state index in [0.717, 1.165) is 36.0 Å². The van der Waals surface area contributed by atoms with Crippen LogP contribution in [0.2, 0.25) is 5.02 Å². The summed E-state index contributed by atoms with van der Waals surface area (Å²) in [5, 5.41) is 4.83. The Kier molecular flexibility index (Phi) is 6.14. The second-order valence-electron chi connectivity index (χ2n) is 7.99. The van der Waals surface area contributed by atoms with Crippen LogP contribution in [0.1, 0.15) is 51.0 Å². The molecule has 31 heavy (non-hydrogen) atoms. The van der Waals surface area contributed by atoms with Gasteiger partial charge in [0.25, 0.3) is 5.91 Å². The highest BCUT2D eigenvalue weighted by molar-refractivity contribution is 7.16. The molecule has 3 aromatic rings. The van der Waals surface area contributed by atoms with Crippen LogP contribution < -0.4 is 5.32 Å². The van der Waals surface area contributed by atoms with Crippen molar-refractivity contribution in [3.8, 4) is 0 Å². The van der Waals surface area contributed by atoms with Gasteiger partial charge in [0.05, 0.1) is 25.5 Å². The molecule has 0 bridgehead atoms. The van der Waals surface area contributed by atoms with Crippen molar-refractivity contribution in [3.63, 3.8) is 0 Å². The minimum absolute atomic E-state index is 0.0474. The summed E-state index contributed by atoms with van der Waals surface area (Å²) >= 11 is 7.92. The van der Waals surface area contributed by atoms with Gasteiger partial charge in [-0.3, -0.25) is 9.69 Å². The van der Waals surface area contributed by atoms with Crippen LogP contribution in [-0.2, 0) is 17.6 Å². The summed E-state index contributed by atoms with van der Waals surface area (Å²) in [6, 6.07) is 11.6. The molecule has 5 rings (SSSR count). The normalized spacial score (nSPS) is 17.8. The summed E-state index contributed by atoms with van der Waals surface area (Å²) in [6.07, 6.45) is 6.02. The first-order valence-corrected chi connectivity index (χ1v) is 12.0. The van der Waals surface area contributed by atoms with Gasteiger partial charge in [0.1, 0.15) is 5.00 Å². The molecule has 1 unspecified atom stereocenters. The van der Waals surface area contributed by atoms with Crippen LogP contribution in [0.25, 0.3) is 0 Å². The third kappa shape index (κ3) is 4.30. The third-order valence-corrected chi connectivity index (χ3v) is 7.53. The van der Waals surface area contributed by atoms with Crippen molar-refractivity contribution in [1.29, 1.82) is 0 Å². The number of nitrogens with zero attached hydrogens (tertiary/aromatic N) is 1.